The fourth-order valence-electron chi connectivity index (χ4n) is 1.23. The summed E-state index contributed by atoms with van der Waals surface area (Å²) < 4.78 is 25.7. The van der Waals surface area contributed by atoms with E-state index in [9.17, 15) is 8.78 Å². The molecule has 84 valence electrons. The molecule has 4 N–H and O–H groups in total. The molecule has 0 amide bonds. The zero-order chi connectivity index (χ0) is 11.6. The zero-order valence-electron chi connectivity index (χ0n) is 7.68. The molecule has 0 spiro atoms. The van der Waals surface area contributed by atoms with Crippen LogP contribution in [0.5, 0.6) is 0 Å². The molecule has 0 heterocycles. The standard InChI is InChI=1S/C9H10Br2F2N2/c10-4-1-5(7(14)3-8(12)13)9(15)6(11)2-4/h1-2,7-8H,3,14-15H2/t7-/m0/s1. The second kappa shape index (κ2) is 5.23. The Hall–Kier alpha value is -0.200. The molecule has 1 aromatic carbocycles. The van der Waals surface area contributed by atoms with Crippen LogP contribution in [0.2, 0.25) is 0 Å². The average Bonchev–Trinajstić information content (AvgIpc) is 2.09. The third kappa shape index (κ3) is 3.39. The summed E-state index contributed by atoms with van der Waals surface area (Å²) in [6.07, 6.45) is -2.83. The Morgan fingerprint density at radius 2 is 1.87 bits per heavy atom. The number of benzene rings is 1. The lowest BCUT2D eigenvalue weighted by Crippen LogP contribution is -2.16. The monoisotopic (exact) mass is 342 g/mol. The van der Waals surface area contributed by atoms with E-state index in [1.165, 1.54) is 0 Å². The molecule has 1 rings (SSSR count). The SMILES string of the molecule is Nc1c(Br)cc(Br)cc1[C@@H](N)CC(F)F. The van der Waals surface area contributed by atoms with Gasteiger partial charge in [-0.05, 0) is 33.6 Å². The van der Waals surface area contributed by atoms with Gasteiger partial charge < -0.3 is 11.5 Å². The number of hydrogen-bond donors (Lipinski definition) is 2. The molecule has 1 atom stereocenters. The molecule has 0 unspecified atom stereocenters. The molecular formula is C9H10Br2F2N2. The van der Waals surface area contributed by atoms with Gasteiger partial charge in [-0.3, -0.25) is 0 Å². The Bertz CT molecular complexity index is 358. The summed E-state index contributed by atoms with van der Waals surface area (Å²) in [5.74, 6) is 0. The molecule has 0 saturated carbocycles. The summed E-state index contributed by atoms with van der Waals surface area (Å²) >= 11 is 6.49. The maximum absolute atomic E-state index is 12.2. The first kappa shape index (κ1) is 12.9. The lowest BCUT2D eigenvalue weighted by molar-refractivity contribution is 0.128. The van der Waals surface area contributed by atoms with E-state index in [2.05, 4.69) is 31.9 Å². The Morgan fingerprint density at radius 3 is 2.40 bits per heavy atom. The van der Waals surface area contributed by atoms with Gasteiger partial charge in [0.05, 0.1) is 5.69 Å². The van der Waals surface area contributed by atoms with Gasteiger partial charge in [0.25, 0.3) is 0 Å². The van der Waals surface area contributed by atoms with Crippen molar-refractivity contribution in [1.82, 2.24) is 0 Å². The van der Waals surface area contributed by atoms with Crippen LogP contribution in [0.1, 0.15) is 18.0 Å². The highest BCUT2D eigenvalue weighted by Crippen LogP contribution is 2.32. The molecule has 1 aromatic rings. The van der Waals surface area contributed by atoms with E-state index in [4.69, 9.17) is 11.5 Å². The van der Waals surface area contributed by atoms with E-state index in [0.717, 1.165) is 4.47 Å². The number of nitrogen functional groups attached to an aromatic ring is 1. The maximum atomic E-state index is 12.2. The van der Waals surface area contributed by atoms with E-state index in [1.807, 2.05) is 0 Å². The smallest absolute Gasteiger partial charge is 0.240 e. The fourth-order valence-corrected chi connectivity index (χ4v) is 2.49. The lowest BCUT2D eigenvalue weighted by atomic mass is 10.0. The van der Waals surface area contributed by atoms with Crippen LogP contribution in [-0.2, 0) is 0 Å². The van der Waals surface area contributed by atoms with Crippen molar-refractivity contribution in [2.45, 2.75) is 18.9 Å². The first-order valence-corrected chi connectivity index (χ1v) is 5.78. The Kier molecular flexibility index (Phi) is 4.48. The summed E-state index contributed by atoms with van der Waals surface area (Å²) in [6, 6.07) is 2.65. The molecule has 0 bridgehead atoms. The predicted molar refractivity (Wildman–Crippen MR) is 63.8 cm³/mol. The van der Waals surface area contributed by atoms with Gasteiger partial charge in [0.15, 0.2) is 0 Å². The minimum Gasteiger partial charge on any atom is -0.398 e. The highest BCUT2D eigenvalue weighted by molar-refractivity contribution is 9.11. The van der Waals surface area contributed by atoms with Crippen molar-refractivity contribution in [3.05, 3.63) is 26.6 Å². The third-order valence-electron chi connectivity index (χ3n) is 1.96. The van der Waals surface area contributed by atoms with Gasteiger partial charge in [-0.1, -0.05) is 15.9 Å². The first-order valence-electron chi connectivity index (χ1n) is 4.20. The quantitative estimate of drug-likeness (QED) is 0.826. The predicted octanol–water partition coefficient (Wildman–Crippen LogP) is 3.45. The summed E-state index contributed by atoms with van der Waals surface area (Å²) in [6.45, 7) is 0. The van der Waals surface area contributed by atoms with Crippen molar-refractivity contribution in [3.8, 4) is 0 Å². The third-order valence-corrected chi connectivity index (χ3v) is 3.07. The van der Waals surface area contributed by atoms with Crippen molar-refractivity contribution >= 4 is 37.5 Å². The molecule has 0 saturated heterocycles. The normalized spacial score (nSPS) is 13.2. The van der Waals surface area contributed by atoms with Crippen LogP contribution < -0.4 is 11.5 Å². The van der Waals surface area contributed by atoms with Crippen LogP contribution >= 0.6 is 31.9 Å². The highest BCUT2D eigenvalue weighted by Gasteiger charge is 2.17. The van der Waals surface area contributed by atoms with Crippen molar-refractivity contribution < 1.29 is 8.78 Å². The van der Waals surface area contributed by atoms with Crippen LogP contribution in [0.15, 0.2) is 21.1 Å². The van der Waals surface area contributed by atoms with Gasteiger partial charge in [-0.2, -0.15) is 0 Å². The Labute approximate surface area is 103 Å². The molecule has 15 heavy (non-hydrogen) atoms. The van der Waals surface area contributed by atoms with Crippen LogP contribution in [-0.4, -0.2) is 6.43 Å². The topological polar surface area (TPSA) is 52.0 Å². The molecule has 0 aliphatic rings. The Morgan fingerprint density at radius 1 is 1.27 bits per heavy atom. The molecule has 0 aromatic heterocycles. The molecule has 0 fully saturated rings. The number of anilines is 1. The number of halogens is 4. The molecular weight excluding hydrogens is 334 g/mol. The van der Waals surface area contributed by atoms with Gasteiger partial charge in [-0.15, -0.1) is 0 Å². The summed E-state index contributed by atoms with van der Waals surface area (Å²) in [7, 11) is 0. The molecule has 2 nitrogen and oxygen atoms in total. The minimum absolute atomic E-state index is 0.396. The number of rotatable bonds is 3. The summed E-state index contributed by atoms with van der Waals surface area (Å²) in [4.78, 5) is 0. The van der Waals surface area contributed by atoms with E-state index in [-0.39, 0.29) is 0 Å². The highest BCUT2D eigenvalue weighted by atomic mass is 79.9. The van der Waals surface area contributed by atoms with Gasteiger partial charge in [0.2, 0.25) is 6.43 Å². The Balaban J connectivity index is 3.02. The fraction of sp³-hybridized carbons (Fsp3) is 0.333. The second-order valence-electron chi connectivity index (χ2n) is 3.12. The van der Waals surface area contributed by atoms with Gasteiger partial charge in [0.1, 0.15) is 0 Å². The zero-order valence-corrected chi connectivity index (χ0v) is 10.9. The lowest BCUT2D eigenvalue weighted by Gasteiger charge is -2.15. The first-order chi connectivity index (χ1) is 6.91. The summed E-state index contributed by atoms with van der Waals surface area (Å²) in [5.41, 5.74) is 12.3. The average molecular weight is 344 g/mol. The number of nitrogens with two attached hydrogens (primary N) is 2. The second-order valence-corrected chi connectivity index (χ2v) is 4.89. The largest absolute Gasteiger partial charge is 0.398 e. The van der Waals surface area contributed by atoms with Crippen molar-refractivity contribution in [1.29, 1.82) is 0 Å². The van der Waals surface area contributed by atoms with E-state index >= 15 is 0 Å². The van der Waals surface area contributed by atoms with Crippen molar-refractivity contribution in [2.75, 3.05) is 5.73 Å². The van der Waals surface area contributed by atoms with E-state index < -0.39 is 18.9 Å². The van der Waals surface area contributed by atoms with Gasteiger partial charge in [-0.25, -0.2) is 8.78 Å². The van der Waals surface area contributed by atoms with Crippen molar-refractivity contribution in [2.24, 2.45) is 5.73 Å². The number of alkyl halides is 2. The van der Waals surface area contributed by atoms with E-state index in [1.54, 1.807) is 12.1 Å². The van der Waals surface area contributed by atoms with Crippen LogP contribution in [0.4, 0.5) is 14.5 Å². The number of hydrogen-bond acceptors (Lipinski definition) is 2. The maximum Gasteiger partial charge on any atom is 0.240 e. The van der Waals surface area contributed by atoms with E-state index in [0.29, 0.717) is 15.7 Å². The minimum atomic E-state index is -2.43. The molecule has 0 radical (unpaired) electrons. The summed E-state index contributed by atoms with van der Waals surface area (Å²) in [5, 5.41) is 0. The van der Waals surface area contributed by atoms with Gasteiger partial charge >= 0.3 is 0 Å². The van der Waals surface area contributed by atoms with Gasteiger partial charge in [0, 0.05) is 21.4 Å². The van der Waals surface area contributed by atoms with Crippen LogP contribution in [0.25, 0.3) is 0 Å². The van der Waals surface area contributed by atoms with Crippen LogP contribution in [0, 0.1) is 0 Å². The molecule has 0 aliphatic heterocycles. The van der Waals surface area contributed by atoms with Crippen LogP contribution in [0.3, 0.4) is 0 Å². The molecule has 0 aliphatic carbocycles. The van der Waals surface area contributed by atoms with Crippen molar-refractivity contribution in [3.63, 3.8) is 0 Å². The molecule has 6 heteroatoms.